The summed E-state index contributed by atoms with van der Waals surface area (Å²) in [5.74, 6) is -0.610. The van der Waals surface area contributed by atoms with Crippen molar-refractivity contribution in [2.75, 3.05) is 0 Å². The van der Waals surface area contributed by atoms with Crippen molar-refractivity contribution in [3.63, 3.8) is 0 Å². The SMILES string of the molecule is CC[C@H](C)[C@H](N=C1NS(=O)(=O)c2ccccc21)C(=O)NCc1ccc(C)c(F)c1. The number of nitrogens with zero attached hydrogens (tertiary/aromatic N) is 1. The van der Waals surface area contributed by atoms with Crippen LogP contribution < -0.4 is 10.0 Å². The maximum Gasteiger partial charge on any atom is 0.263 e. The van der Waals surface area contributed by atoms with E-state index < -0.39 is 16.1 Å². The van der Waals surface area contributed by atoms with Gasteiger partial charge in [-0.25, -0.2) is 12.8 Å². The van der Waals surface area contributed by atoms with Crippen molar-refractivity contribution in [3.8, 4) is 0 Å². The number of benzene rings is 2. The van der Waals surface area contributed by atoms with Gasteiger partial charge in [0.2, 0.25) is 5.91 Å². The van der Waals surface area contributed by atoms with Crippen molar-refractivity contribution in [1.82, 2.24) is 10.0 Å². The molecule has 2 atom stereocenters. The minimum absolute atomic E-state index is 0.116. The third-order valence-corrected chi connectivity index (χ3v) is 6.48. The summed E-state index contributed by atoms with van der Waals surface area (Å²) in [6.45, 7) is 5.66. The number of aryl methyl sites for hydroxylation is 1. The summed E-state index contributed by atoms with van der Waals surface area (Å²) in [6, 6.07) is 10.6. The monoisotopic (exact) mass is 417 g/mol. The molecule has 0 fully saturated rings. The molecule has 29 heavy (non-hydrogen) atoms. The number of hydrogen-bond acceptors (Lipinski definition) is 4. The molecule has 2 aromatic rings. The molecule has 154 valence electrons. The summed E-state index contributed by atoms with van der Waals surface area (Å²) >= 11 is 0. The lowest BCUT2D eigenvalue weighted by molar-refractivity contribution is -0.123. The Morgan fingerprint density at radius 3 is 2.66 bits per heavy atom. The zero-order valence-electron chi connectivity index (χ0n) is 16.6. The zero-order chi connectivity index (χ0) is 21.2. The Bertz CT molecular complexity index is 1070. The number of amidine groups is 1. The fraction of sp³-hybridized carbons (Fsp3) is 0.333. The Hall–Kier alpha value is -2.74. The van der Waals surface area contributed by atoms with Crippen LogP contribution in [0.1, 0.15) is 37.0 Å². The number of hydrogen-bond donors (Lipinski definition) is 2. The van der Waals surface area contributed by atoms with Gasteiger partial charge in [-0.2, -0.15) is 0 Å². The molecule has 6 nitrogen and oxygen atoms in total. The van der Waals surface area contributed by atoms with Crippen LogP contribution in [0.2, 0.25) is 0 Å². The molecule has 0 radical (unpaired) electrons. The van der Waals surface area contributed by atoms with Gasteiger partial charge in [0.25, 0.3) is 10.0 Å². The molecule has 0 bridgehead atoms. The van der Waals surface area contributed by atoms with E-state index in [1.165, 1.54) is 12.1 Å². The van der Waals surface area contributed by atoms with E-state index in [4.69, 9.17) is 0 Å². The number of carbonyl (C=O) groups is 1. The third kappa shape index (κ3) is 4.48. The van der Waals surface area contributed by atoms with Gasteiger partial charge in [-0.05, 0) is 42.2 Å². The van der Waals surface area contributed by atoms with Gasteiger partial charge in [0.15, 0.2) is 0 Å². The topological polar surface area (TPSA) is 87.6 Å². The highest BCUT2D eigenvalue weighted by molar-refractivity contribution is 7.90. The van der Waals surface area contributed by atoms with Crippen LogP contribution in [0.3, 0.4) is 0 Å². The predicted molar refractivity (Wildman–Crippen MR) is 110 cm³/mol. The van der Waals surface area contributed by atoms with Crippen LogP contribution in [0, 0.1) is 18.7 Å². The molecule has 8 heteroatoms. The van der Waals surface area contributed by atoms with Gasteiger partial charge in [0.05, 0.1) is 4.90 Å². The third-order valence-electron chi connectivity index (χ3n) is 5.09. The number of rotatable bonds is 6. The fourth-order valence-corrected chi connectivity index (χ4v) is 4.32. The number of aliphatic imine (C=N–C) groups is 1. The van der Waals surface area contributed by atoms with Gasteiger partial charge in [-0.3, -0.25) is 14.5 Å². The van der Waals surface area contributed by atoms with E-state index in [0.717, 1.165) is 0 Å². The summed E-state index contributed by atoms with van der Waals surface area (Å²) in [4.78, 5) is 17.5. The Morgan fingerprint density at radius 1 is 1.24 bits per heavy atom. The Kier molecular flexibility index (Phi) is 6.02. The van der Waals surface area contributed by atoms with Gasteiger partial charge in [0, 0.05) is 12.1 Å². The molecule has 0 aliphatic carbocycles. The van der Waals surface area contributed by atoms with Crippen LogP contribution in [0.15, 0.2) is 52.4 Å². The van der Waals surface area contributed by atoms with E-state index in [9.17, 15) is 17.6 Å². The highest BCUT2D eigenvalue weighted by Gasteiger charge is 2.33. The van der Waals surface area contributed by atoms with Crippen molar-refractivity contribution in [1.29, 1.82) is 0 Å². The largest absolute Gasteiger partial charge is 0.350 e. The second-order valence-corrected chi connectivity index (χ2v) is 8.86. The minimum atomic E-state index is -3.68. The zero-order valence-corrected chi connectivity index (χ0v) is 17.4. The van der Waals surface area contributed by atoms with Gasteiger partial charge in [-0.15, -0.1) is 0 Å². The molecule has 0 saturated heterocycles. The van der Waals surface area contributed by atoms with Gasteiger partial charge < -0.3 is 5.32 Å². The number of nitrogens with one attached hydrogen (secondary N) is 2. The second kappa shape index (κ2) is 8.32. The summed E-state index contributed by atoms with van der Waals surface area (Å²) in [7, 11) is -3.68. The Morgan fingerprint density at radius 2 is 1.97 bits per heavy atom. The van der Waals surface area contributed by atoms with Crippen LogP contribution in [-0.4, -0.2) is 26.2 Å². The van der Waals surface area contributed by atoms with Crippen molar-refractivity contribution in [2.45, 2.75) is 44.7 Å². The smallest absolute Gasteiger partial charge is 0.263 e. The maximum atomic E-state index is 13.7. The van der Waals surface area contributed by atoms with Gasteiger partial charge in [0.1, 0.15) is 17.7 Å². The lowest BCUT2D eigenvalue weighted by Crippen LogP contribution is -2.38. The number of sulfonamides is 1. The lowest BCUT2D eigenvalue weighted by atomic mass is 9.98. The van der Waals surface area contributed by atoms with Gasteiger partial charge in [-0.1, -0.05) is 44.5 Å². The molecule has 1 aliphatic heterocycles. The van der Waals surface area contributed by atoms with Crippen LogP contribution >= 0.6 is 0 Å². The molecule has 0 aromatic heterocycles. The number of amides is 1. The molecule has 2 aromatic carbocycles. The highest BCUT2D eigenvalue weighted by atomic mass is 32.2. The molecule has 1 amide bonds. The average molecular weight is 418 g/mol. The van der Waals surface area contributed by atoms with Crippen molar-refractivity contribution < 1.29 is 17.6 Å². The summed E-state index contributed by atoms with van der Waals surface area (Å²) in [6.07, 6.45) is 0.683. The number of halogens is 1. The molecule has 0 unspecified atom stereocenters. The molecular formula is C21H24FN3O3S. The molecule has 3 rings (SSSR count). The van der Waals surface area contributed by atoms with Crippen molar-refractivity contribution in [2.24, 2.45) is 10.9 Å². The van der Waals surface area contributed by atoms with E-state index in [0.29, 0.717) is 23.1 Å². The molecule has 0 saturated carbocycles. The first-order valence-electron chi connectivity index (χ1n) is 9.45. The van der Waals surface area contributed by atoms with Crippen molar-refractivity contribution in [3.05, 3.63) is 65.0 Å². The van der Waals surface area contributed by atoms with Crippen LogP contribution in [0.4, 0.5) is 4.39 Å². The standard InChI is InChI=1S/C21H24FN3O3S/c1-4-13(2)19(21(26)23-12-15-10-9-14(3)17(22)11-15)24-20-16-7-5-6-8-18(16)29(27,28)25-20/h5-11,13,19H,4,12H2,1-3H3,(H,23,26)(H,24,25)/t13-,19-/m0/s1. The van der Waals surface area contributed by atoms with E-state index in [-0.39, 0.29) is 34.9 Å². The maximum absolute atomic E-state index is 13.7. The fourth-order valence-electron chi connectivity index (χ4n) is 3.08. The highest BCUT2D eigenvalue weighted by Crippen LogP contribution is 2.24. The second-order valence-electron chi connectivity index (χ2n) is 7.21. The lowest BCUT2D eigenvalue weighted by Gasteiger charge is -2.19. The molecule has 1 aliphatic rings. The van der Waals surface area contributed by atoms with E-state index in [1.807, 2.05) is 13.8 Å². The minimum Gasteiger partial charge on any atom is -0.350 e. The summed E-state index contributed by atoms with van der Waals surface area (Å²) in [5, 5.41) is 2.79. The van der Waals surface area contributed by atoms with Crippen LogP contribution in [-0.2, 0) is 21.4 Å². The molecule has 1 heterocycles. The first kappa shape index (κ1) is 21.0. The van der Waals surface area contributed by atoms with Gasteiger partial charge >= 0.3 is 0 Å². The molecular weight excluding hydrogens is 393 g/mol. The average Bonchev–Trinajstić information content (AvgIpc) is 2.96. The van der Waals surface area contributed by atoms with E-state index in [1.54, 1.807) is 37.3 Å². The van der Waals surface area contributed by atoms with Crippen LogP contribution in [0.5, 0.6) is 0 Å². The van der Waals surface area contributed by atoms with E-state index in [2.05, 4.69) is 15.0 Å². The van der Waals surface area contributed by atoms with Crippen molar-refractivity contribution >= 4 is 21.8 Å². The Labute approximate surface area is 170 Å². The number of fused-ring (bicyclic) bond motifs is 1. The molecule has 0 spiro atoms. The number of carbonyl (C=O) groups excluding carboxylic acids is 1. The first-order chi connectivity index (χ1) is 13.7. The van der Waals surface area contributed by atoms with Crippen LogP contribution in [0.25, 0.3) is 0 Å². The Balaban J connectivity index is 1.84. The quantitative estimate of drug-likeness (QED) is 0.758. The first-order valence-corrected chi connectivity index (χ1v) is 10.9. The molecule has 2 N–H and O–H groups in total. The summed E-state index contributed by atoms with van der Waals surface area (Å²) < 4.78 is 40.8. The predicted octanol–water partition coefficient (Wildman–Crippen LogP) is 2.90. The normalized spacial score (nSPS) is 18.0. The summed E-state index contributed by atoms with van der Waals surface area (Å²) in [5.41, 5.74) is 1.63. The van der Waals surface area contributed by atoms with E-state index >= 15 is 0 Å².